The normalized spacial score (nSPS) is 11.1. The van der Waals surface area contributed by atoms with Crippen LogP contribution in [-0.4, -0.2) is 15.0 Å². The number of aryl methyl sites for hydroxylation is 2. The Kier molecular flexibility index (Phi) is 4.11. The molecule has 0 atom stereocenters. The molecule has 0 saturated heterocycles. The Hall–Kier alpha value is -1.31. The second kappa shape index (κ2) is 5.15. The van der Waals surface area contributed by atoms with Crippen LogP contribution in [0.4, 0.5) is 0 Å². The van der Waals surface area contributed by atoms with Crippen molar-refractivity contribution in [2.45, 2.75) is 25.2 Å². The molecule has 1 aromatic rings. The van der Waals surface area contributed by atoms with Crippen molar-refractivity contribution < 1.29 is 8.42 Å². The number of terminal acetylenes is 1. The average molecular weight is 237 g/mol. The number of hydrogen-bond donors (Lipinski definition) is 1. The van der Waals surface area contributed by atoms with Gasteiger partial charge in [0.25, 0.3) is 0 Å². The van der Waals surface area contributed by atoms with Gasteiger partial charge in [-0.05, 0) is 37.1 Å². The van der Waals surface area contributed by atoms with E-state index in [2.05, 4.69) is 10.6 Å². The fraction of sp³-hybridized carbons (Fsp3) is 0.333. The molecular weight excluding hydrogens is 222 g/mol. The Morgan fingerprint density at radius 3 is 2.56 bits per heavy atom. The first kappa shape index (κ1) is 12.8. The van der Waals surface area contributed by atoms with E-state index in [1.807, 2.05) is 13.8 Å². The van der Waals surface area contributed by atoms with E-state index in [0.717, 1.165) is 11.1 Å². The van der Waals surface area contributed by atoms with Gasteiger partial charge < -0.3 is 0 Å². The summed E-state index contributed by atoms with van der Waals surface area (Å²) in [5, 5.41) is 0. The van der Waals surface area contributed by atoms with Crippen molar-refractivity contribution in [1.29, 1.82) is 0 Å². The van der Waals surface area contributed by atoms with Gasteiger partial charge in [0.05, 0.1) is 4.90 Å². The molecule has 0 aliphatic heterocycles. The minimum absolute atomic E-state index is 0.270. The minimum atomic E-state index is -3.42. The van der Waals surface area contributed by atoms with Crippen LogP contribution in [0, 0.1) is 26.2 Å². The van der Waals surface area contributed by atoms with Gasteiger partial charge in [-0.2, -0.15) is 0 Å². The molecule has 86 valence electrons. The molecule has 0 bridgehead atoms. The maximum absolute atomic E-state index is 11.8. The molecule has 1 N–H and O–H groups in total. The molecule has 0 radical (unpaired) electrons. The largest absolute Gasteiger partial charge is 0.240 e. The molecule has 0 heterocycles. The Morgan fingerprint density at radius 2 is 2.00 bits per heavy atom. The summed E-state index contributed by atoms with van der Waals surface area (Å²) in [7, 11) is -3.42. The highest BCUT2D eigenvalue weighted by Gasteiger charge is 2.13. The molecule has 0 unspecified atom stereocenters. The van der Waals surface area contributed by atoms with E-state index >= 15 is 0 Å². The number of rotatable bonds is 4. The van der Waals surface area contributed by atoms with Crippen LogP contribution in [0.3, 0.4) is 0 Å². The van der Waals surface area contributed by atoms with E-state index in [0.29, 0.717) is 6.42 Å². The summed E-state index contributed by atoms with van der Waals surface area (Å²) in [6, 6.07) is 5.05. The summed E-state index contributed by atoms with van der Waals surface area (Å²) in [6.45, 7) is 4.10. The fourth-order valence-corrected chi connectivity index (χ4v) is 2.34. The van der Waals surface area contributed by atoms with Crippen LogP contribution in [-0.2, 0) is 10.0 Å². The topological polar surface area (TPSA) is 46.2 Å². The molecule has 0 aliphatic rings. The van der Waals surface area contributed by atoms with Crippen molar-refractivity contribution in [3.63, 3.8) is 0 Å². The first-order chi connectivity index (χ1) is 7.47. The molecule has 1 rings (SSSR count). The lowest BCUT2D eigenvalue weighted by atomic mass is 10.1. The highest BCUT2D eigenvalue weighted by atomic mass is 32.2. The lowest BCUT2D eigenvalue weighted by molar-refractivity contribution is 0.582. The molecule has 0 aromatic heterocycles. The van der Waals surface area contributed by atoms with E-state index in [9.17, 15) is 8.42 Å². The molecule has 3 nitrogen and oxygen atoms in total. The van der Waals surface area contributed by atoms with Gasteiger partial charge in [0, 0.05) is 13.0 Å². The van der Waals surface area contributed by atoms with Crippen molar-refractivity contribution >= 4 is 10.0 Å². The molecule has 0 saturated carbocycles. The van der Waals surface area contributed by atoms with Gasteiger partial charge in [-0.3, -0.25) is 0 Å². The monoisotopic (exact) mass is 237 g/mol. The maximum Gasteiger partial charge on any atom is 0.240 e. The van der Waals surface area contributed by atoms with E-state index < -0.39 is 10.0 Å². The smallest absolute Gasteiger partial charge is 0.210 e. The van der Waals surface area contributed by atoms with Crippen molar-refractivity contribution in [1.82, 2.24) is 4.72 Å². The molecule has 1 aromatic carbocycles. The summed E-state index contributed by atoms with van der Waals surface area (Å²) in [5.74, 6) is 2.39. The standard InChI is InChI=1S/C12H15NO2S/c1-4-5-8-13-16(14,15)12-7-6-10(2)11(3)9-12/h1,6-7,9,13H,5,8H2,2-3H3. The van der Waals surface area contributed by atoms with Gasteiger partial charge in [0.2, 0.25) is 10.0 Å². The first-order valence-corrected chi connectivity index (χ1v) is 6.46. The van der Waals surface area contributed by atoms with Gasteiger partial charge in [0.15, 0.2) is 0 Å². The average Bonchev–Trinajstić information content (AvgIpc) is 2.22. The molecule has 0 spiro atoms. The third kappa shape index (κ3) is 3.09. The number of sulfonamides is 1. The van der Waals surface area contributed by atoms with Crippen LogP contribution in [0.15, 0.2) is 23.1 Å². The second-order valence-electron chi connectivity index (χ2n) is 3.60. The van der Waals surface area contributed by atoms with Gasteiger partial charge in [0.1, 0.15) is 0 Å². The third-order valence-corrected chi connectivity index (χ3v) is 3.81. The van der Waals surface area contributed by atoms with E-state index in [1.165, 1.54) is 0 Å². The SMILES string of the molecule is C#CCCNS(=O)(=O)c1ccc(C)c(C)c1. The molecule has 0 aliphatic carbocycles. The molecule has 0 fully saturated rings. The van der Waals surface area contributed by atoms with Crippen LogP contribution in [0.5, 0.6) is 0 Å². The zero-order chi connectivity index (χ0) is 12.2. The molecule has 16 heavy (non-hydrogen) atoms. The fourth-order valence-electron chi connectivity index (χ4n) is 1.22. The molecular formula is C12H15NO2S. The zero-order valence-corrected chi connectivity index (χ0v) is 10.3. The second-order valence-corrected chi connectivity index (χ2v) is 5.36. The van der Waals surface area contributed by atoms with Crippen molar-refractivity contribution in [2.24, 2.45) is 0 Å². The van der Waals surface area contributed by atoms with Crippen molar-refractivity contribution in [3.05, 3.63) is 29.3 Å². The Labute approximate surface area is 96.9 Å². The Balaban J connectivity index is 2.91. The van der Waals surface area contributed by atoms with Gasteiger partial charge >= 0.3 is 0 Å². The van der Waals surface area contributed by atoms with E-state index in [1.54, 1.807) is 18.2 Å². The van der Waals surface area contributed by atoms with Gasteiger partial charge in [-0.15, -0.1) is 12.3 Å². The van der Waals surface area contributed by atoms with Gasteiger partial charge in [-0.1, -0.05) is 6.07 Å². The minimum Gasteiger partial charge on any atom is -0.210 e. The summed E-state index contributed by atoms with van der Waals surface area (Å²) >= 11 is 0. The summed E-state index contributed by atoms with van der Waals surface area (Å²) in [5.41, 5.74) is 2.03. The Morgan fingerprint density at radius 1 is 1.31 bits per heavy atom. The number of benzene rings is 1. The zero-order valence-electron chi connectivity index (χ0n) is 9.45. The number of hydrogen-bond acceptors (Lipinski definition) is 2. The van der Waals surface area contributed by atoms with Crippen molar-refractivity contribution in [3.8, 4) is 12.3 Å². The van der Waals surface area contributed by atoms with Crippen LogP contribution in [0.2, 0.25) is 0 Å². The Bertz CT molecular complexity index is 512. The maximum atomic E-state index is 11.8. The summed E-state index contributed by atoms with van der Waals surface area (Å²) in [6.07, 6.45) is 5.45. The molecule has 0 amide bonds. The van der Waals surface area contributed by atoms with Crippen LogP contribution >= 0.6 is 0 Å². The lowest BCUT2D eigenvalue weighted by Gasteiger charge is -2.07. The highest BCUT2D eigenvalue weighted by Crippen LogP contribution is 2.14. The number of nitrogens with one attached hydrogen (secondary N) is 1. The van der Waals surface area contributed by atoms with Crippen LogP contribution < -0.4 is 4.72 Å². The predicted molar refractivity (Wildman–Crippen MR) is 64.6 cm³/mol. The van der Waals surface area contributed by atoms with Crippen LogP contribution in [0.25, 0.3) is 0 Å². The summed E-state index contributed by atoms with van der Waals surface area (Å²) in [4.78, 5) is 0.285. The summed E-state index contributed by atoms with van der Waals surface area (Å²) < 4.78 is 26.0. The van der Waals surface area contributed by atoms with Crippen LogP contribution in [0.1, 0.15) is 17.5 Å². The van der Waals surface area contributed by atoms with E-state index in [-0.39, 0.29) is 11.4 Å². The third-order valence-electron chi connectivity index (χ3n) is 2.35. The quantitative estimate of drug-likeness (QED) is 0.638. The van der Waals surface area contributed by atoms with E-state index in [4.69, 9.17) is 6.42 Å². The highest BCUT2D eigenvalue weighted by molar-refractivity contribution is 7.89. The van der Waals surface area contributed by atoms with Gasteiger partial charge in [-0.25, -0.2) is 13.1 Å². The first-order valence-electron chi connectivity index (χ1n) is 4.98. The molecule has 4 heteroatoms. The van der Waals surface area contributed by atoms with Crippen molar-refractivity contribution in [2.75, 3.05) is 6.54 Å². The lowest BCUT2D eigenvalue weighted by Crippen LogP contribution is -2.24. The predicted octanol–water partition coefficient (Wildman–Crippen LogP) is 1.61.